The molecule has 0 saturated carbocycles. The second-order valence-corrected chi connectivity index (χ2v) is 17.6. The van der Waals surface area contributed by atoms with Gasteiger partial charge in [-0.05, 0) is 36.5 Å². The van der Waals surface area contributed by atoms with Crippen LogP contribution in [0.25, 0.3) is 0 Å². The predicted octanol–water partition coefficient (Wildman–Crippen LogP) is 7.10. The number of carbonyl (C=O) groups excluding carboxylic acids is 1. The molecule has 1 aromatic carbocycles. The molecule has 0 N–H and O–H groups in total. The lowest BCUT2D eigenvalue weighted by Gasteiger charge is -2.40. The zero-order valence-corrected chi connectivity index (χ0v) is 25.7. The number of carbonyl (C=O) groups is 1. The molecule has 1 aromatic rings. The van der Waals surface area contributed by atoms with Crippen molar-refractivity contribution < 1.29 is 14.0 Å². The smallest absolute Gasteiger partial charge is 0.234 e. The van der Waals surface area contributed by atoms with Crippen LogP contribution in [0.4, 0.5) is 0 Å². The summed E-state index contributed by atoms with van der Waals surface area (Å²) >= 11 is 7.26. The van der Waals surface area contributed by atoms with Crippen molar-refractivity contribution >= 4 is 42.5 Å². The largest absolute Gasteiger partial charge is 0.410 e. The van der Waals surface area contributed by atoms with Gasteiger partial charge in [-0.25, -0.2) is 0 Å². The highest BCUT2D eigenvalue weighted by atomic mass is 32.2. The first-order valence-electron chi connectivity index (χ1n) is 12.7. The van der Waals surface area contributed by atoms with Crippen molar-refractivity contribution in [1.29, 1.82) is 0 Å². The Morgan fingerprint density at radius 1 is 1.23 bits per heavy atom. The molecular formula is C28H45NO3S2Si. The highest BCUT2D eigenvalue weighted by Crippen LogP contribution is 2.39. The van der Waals surface area contributed by atoms with Crippen molar-refractivity contribution in [3.05, 3.63) is 48.0 Å². The van der Waals surface area contributed by atoms with Gasteiger partial charge in [0, 0.05) is 18.8 Å². The zero-order chi connectivity index (χ0) is 26.4. The van der Waals surface area contributed by atoms with Gasteiger partial charge in [-0.2, -0.15) is 0 Å². The van der Waals surface area contributed by atoms with Crippen LogP contribution in [0.1, 0.15) is 53.5 Å². The van der Waals surface area contributed by atoms with Crippen LogP contribution in [0.3, 0.4) is 0 Å². The Labute approximate surface area is 224 Å². The third-order valence-corrected chi connectivity index (χ3v) is 13.5. The topological polar surface area (TPSA) is 38.8 Å². The molecule has 1 saturated heterocycles. The first kappa shape index (κ1) is 30.2. The molecular weight excluding hydrogens is 491 g/mol. The number of thioether (sulfide) groups is 1. The third kappa shape index (κ3) is 7.99. The third-order valence-electron chi connectivity index (χ3n) is 7.53. The van der Waals surface area contributed by atoms with Crippen molar-refractivity contribution in [2.24, 2.45) is 11.8 Å². The quantitative estimate of drug-likeness (QED) is 0.172. The van der Waals surface area contributed by atoms with E-state index in [-0.39, 0.29) is 41.0 Å². The maximum absolute atomic E-state index is 13.9. The minimum atomic E-state index is -2.12. The second-order valence-electron chi connectivity index (χ2n) is 11.2. The lowest BCUT2D eigenvalue weighted by Crippen LogP contribution is -2.50. The number of amides is 1. The fourth-order valence-electron chi connectivity index (χ4n) is 4.11. The highest BCUT2D eigenvalue weighted by molar-refractivity contribution is 8.23. The average Bonchev–Trinajstić information content (AvgIpc) is 3.16. The number of methoxy groups -OCH3 is 1. The molecule has 0 aromatic heterocycles. The van der Waals surface area contributed by atoms with Gasteiger partial charge in [0.1, 0.15) is 4.32 Å². The standard InChI is InChI=1S/C28H45NO3S2Si/c1-10-24(31-7)20(2)16-17-25(32-35(8,9)28(4,5)6)21(3)26(30)29-23(19-34-27(29)33)18-22-14-12-11-13-15-22/h11-17,20-21,23-25H,10,18-19H2,1-9H3/b17-16+/t20-,21+,23-,24-,25-/m0/s1. The van der Waals surface area contributed by atoms with Gasteiger partial charge in [-0.15, -0.1) is 0 Å². The molecule has 0 radical (unpaired) electrons. The fraction of sp³-hybridized carbons (Fsp3) is 0.643. The summed E-state index contributed by atoms with van der Waals surface area (Å²) in [4.78, 5) is 15.8. The second kappa shape index (κ2) is 13.0. The van der Waals surface area contributed by atoms with E-state index in [1.165, 1.54) is 5.56 Å². The van der Waals surface area contributed by atoms with Gasteiger partial charge in [-0.3, -0.25) is 9.69 Å². The Morgan fingerprint density at radius 2 is 1.86 bits per heavy atom. The molecule has 1 amide bonds. The van der Waals surface area contributed by atoms with Gasteiger partial charge >= 0.3 is 0 Å². The first-order valence-corrected chi connectivity index (χ1v) is 17.0. The summed E-state index contributed by atoms with van der Waals surface area (Å²) in [5, 5.41) is 0.0423. The molecule has 35 heavy (non-hydrogen) atoms. The highest BCUT2D eigenvalue weighted by Gasteiger charge is 2.43. The van der Waals surface area contributed by atoms with E-state index in [2.05, 4.69) is 72.0 Å². The molecule has 5 atom stereocenters. The molecule has 1 aliphatic heterocycles. The monoisotopic (exact) mass is 535 g/mol. The molecule has 196 valence electrons. The average molecular weight is 536 g/mol. The Bertz CT molecular complexity index is 865. The van der Waals surface area contributed by atoms with E-state index in [1.807, 2.05) is 30.0 Å². The Kier molecular flexibility index (Phi) is 11.2. The van der Waals surface area contributed by atoms with Crippen LogP contribution < -0.4 is 0 Å². The van der Waals surface area contributed by atoms with Crippen LogP contribution in [0, 0.1) is 11.8 Å². The number of rotatable bonds is 11. The van der Waals surface area contributed by atoms with Crippen LogP contribution in [0.5, 0.6) is 0 Å². The van der Waals surface area contributed by atoms with Crippen LogP contribution in [0.15, 0.2) is 42.5 Å². The molecule has 1 aliphatic rings. The first-order chi connectivity index (χ1) is 16.3. The SMILES string of the molecule is CC[C@H](OC)[C@@H](C)/C=C/[C@H](O[Si](C)(C)C(C)(C)C)[C@@H](C)C(=O)N1C(=S)SC[C@@H]1Cc1ccccc1. The van der Waals surface area contributed by atoms with Crippen LogP contribution >= 0.6 is 24.0 Å². The maximum atomic E-state index is 13.9. The summed E-state index contributed by atoms with van der Waals surface area (Å²) in [6, 6.07) is 10.4. The van der Waals surface area contributed by atoms with E-state index in [4.69, 9.17) is 21.4 Å². The lowest BCUT2D eigenvalue weighted by atomic mass is 9.97. The van der Waals surface area contributed by atoms with E-state index in [0.29, 0.717) is 4.32 Å². The van der Waals surface area contributed by atoms with Gasteiger partial charge in [0.25, 0.3) is 0 Å². The van der Waals surface area contributed by atoms with Gasteiger partial charge in [0.2, 0.25) is 5.91 Å². The lowest BCUT2D eigenvalue weighted by molar-refractivity contribution is -0.134. The Balaban J connectivity index is 2.31. The van der Waals surface area contributed by atoms with Crippen LogP contribution in [-0.2, 0) is 20.4 Å². The summed E-state index contributed by atoms with van der Waals surface area (Å²) in [6.45, 7) is 17.5. The molecule has 1 heterocycles. The van der Waals surface area contributed by atoms with Gasteiger partial charge in [-0.1, -0.05) is 108 Å². The van der Waals surface area contributed by atoms with Gasteiger partial charge in [0.15, 0.2) is 8.32 Å². The van der Waals surface area contributed by atoms with E-state index in [0.717, 1.165) is 18.6 Å². The number of thiocarbonyl (C=S) groups is 1. The van der Waals surface area contributed by atoms with E-state index in [9.17, 15) is 4.79 Å². The number of nitrogens with zero attached hydrogens (tertiary/aromatic N) is 1. The summed E-state index contributed by atoms with van der Waals surface area (Å²) in [5.74, 6) is 0.775. The normalized spacial score (nSPS) is 20.8. The molecule has 0 unspecified atom stereocenters. The number of benzene rings is 1. The number of ether oxygens (including phenoxy) is 1. The Hall–Kier alpha value is -0.993. The van der Waals surface area contributed by atoms with Crippen molar-refractivity contribution in [3.8, 4) is 0 Å². The zero-order valence-electron chi connectivity index (χ0n) is 23.0. The maximum Gasteiger partial charge on any atom is 0.234 e. The van der Waals surface area contributed by atoms with Crippen molar-refractivity contribution in [3.63, 3.8) is 0 Å². The number of hydrogen-bond acceptors (Lipinski definition) is 5. The minimum absolute atomic E-state index is 0.0423. The van der Waals surface area contributed by atoms with Gasteiger partial charge < -0.3 is 9.16 Å². The number of hydrogen-bond donors (Lipinski definition) is 0. The minimum Gasteiger partial charge on any atom is -0.410 e. The van der Waals surface area contributed by atoms with Crippen molar-refractivity contribution in [2.75, 3.05) is 12.9 Å². The molecule has 2 rings (SSSR count). The summed E-state index contributed by atoms with van der Waals surface area (Å²) < 4.78 is 13.2. The van der Waals surface area contributed by atoms with Crippen molar-refractivity contribution in [1.82, 2.24) is 4.90 Å². The van der Waals surface area contributed by atoms with Crippen LogP contribution in [-0.4, -0.2) is 54.6 Å². The molecule has 0 spiro atoms. The molecule has 0 aliphatic carbocycles. The summed E-state index contributed by atoms with van der Waals surface area (Å²) in [5.41, 5.74) is 1.22. The van der Waals surface area contributed by atoms with Crippen molar-refractivity contribution in [2.45, 2.75) is 90.8 Å². The summed E-state index contributed by atoms with van der Waals surface area (Å²) in [7, 11) is -0.361. The molecule has 0 bridgehead atoms. The van der Waals surface area contributed by atoms with E-state index >= 15 is 0 Å². The summed E-state index contributed by atoms with van der Waals surface area (Å²) in [6.07, 6.45) is 5.84. The van der Waals surface area contributed by atoms with Gasteiger partial charge in [0.05, 0.1) is 24.2 Å². The molecule has 1 fully saturated rings. The predicted molar refractivity (Wildman–Crippen MR) is 156 cm³/mol. The van der Waals surface area contributed by atoms with Crippen LogP contribution in [0.2, 0.25) is 18.1 Å². The molecule has 7 heteroatoms. The fourth-order valence-corrected chi connectivity index (χ4v) is 6.85. The Morgan fingerprint density at radius 3 is 2.40 bits per heavy atom. The van der Waals surface area contributed by atoms with E-state index < -0.39 is 8.32 Å². The van der Waals surface area contributed by atoms with E-state index in [1.54, 1.807) is 18.9 Å². The molecule has 4 nitrogen and oxygen atoms in total.